The molecule has 0 fully saturated rings. The molecule has 0 radical (unpaired) electrons. The second kappa shape index (κ2) is 7.54. The van der Waals surface area contributed by atoms with Gasteiger partial charge in [-0.1, -0.05) is 30.3 Å². The van der Waals surface area contributed by atoms with Crippen LogP contribution in [0.25, 0.3) is 6.08 Å². The van der Waals surface area contributed by atoms with Gasteiger partial charge in [-0.25, -0.2) is 0 Å². The van der Waals surface area contributed by atoms with Crippen molar-refractivity contribution in [1.82, 2.24) is 4.90 Å². The fraction of sp³-hybridized carbons (Fsp3) is 0.200. The number of nitrogens with zero attached hydrogens (tertiary/aromatic N) is 2. The fourth-order valence-electron chi connectivity index (χ4n) is 2.92. The standard InChI is InChI=1S/C20H17BrN2O2/c1-25-19-7-6-14(11-18(19)21)10-17(12-22)20(24)23-9-8-15-4-2-3-5-16(15)13-23/h2-7,10-11H,8-9,13H2,1H3/b17-10+. The molecular weight excluding hydrogens is 380 g/mol. The molecule has 2 aromatic carbocycles. The van der Waals surface area contributed by atoms with E-state index in [0.29, 0.717) is 18.8 Å². The van der Waals surface area contributed by atoms with Crippen LogP contribution in [0.1, 0.15) is 16.7 Å². The number of carbonyl (C=O) groups is 1. The Hall–Kier alpha value is -2.58. The predicted molar refractivity (Wildman–Crippen MR) is 99.8 cm³/mol. The van der Waals surface area contributed by atoms with Crippen LogP contribution < -0.4 is 4.74 Å². The van der Waals surface area contributed by atoms with Crippen LogP contribution in [-0.4, -0.2) is 24.5 Å². The van der Waals surface area contributed by atoms with E-state index in [4.69, 9.17) is 4.74 Å². The minimum absolute atomic E-state index is 0.136. The number of benzene rings is 2. The quantitative estimate of drug-likeness (QED) is 0.582. The molecule has 0 aromatic heterocycles. The van der Waals surface area contributed by atoms with E-state index < -0.39 is 0 Å². The minimum atomic E-state index is -0.232. The monoisotopic (exact) mass is 396 g/mol. The Balaban J connectivity index is 1.83. The maximum atomic E-state index is 12.8. The Morgan fingerprint density at radius 3 is 2.72 bits per heavy atom. The molecule has 3 rings (SSSR count). The van der Waals surface area contributed by atoms with Crippen LogP contribution in [0.15, 0.2) is 52.5 Å². The molecule has 1 aliphatic heterocycles. The molecule has 1 amide bonds. The van der Waals surface area contributed by atoms with Gasteiger partial charge in [-0.2, -0.15) is 5.26 Å². The van der Waals surface area contributed by atoms with E-state index >= 15 is 0 Å². The van der Waals surface area contributed by atoms with Crippen molar-refractivity contribution < 1.29 is 9.53 Å². The van der Waals surface area contributed by atoms with Crippen molar-refractivity contribution in [2.75, 3.05) is 13.7 Å². The van der Waals surface area contributed by atoms with Crippen molar-refractivity contribution in [2.24, 2.45) is 0 Å². The molecular formula is C20H17BrN2O2. The first-order valence-electron chi connectivity index (χ1n) is 7.93. The number of fused-ring (bicyclic) bond motifs is 1. The van der Waals surface area contributed by atoms with E-state index in [1.807, 2.05) is 36.4 Å². The summed E-state index contributed by atoms with van der Waals surface area (Å²) in [5.41, 5.74) is 3.33. The number of rotatable bonds is 3. The predicted octanol–water partition coefficient (Wildman–Crippen LogP) is 3.95. The number of ether oxygens (including phenoxy) is 1. The molecule has 4 nitrogen and oxygen atoms in total. The number of carbonyl (C=O) groups excluding carboxylic acids is 1. The van der Waals surface area contributed by atoms with Gasteiger partial charge in [-0.15, -0.1) is 0 Å². The summed E-state index contributed by atoms with van der Waals surface area (Å²) in [5.74, 6) is 0.471. The molecule has 5 heteroatoms. The summed E-state index contributed by atoms with van der Waals surface area (Å²) < 4.78 is 5.98. The normalized spacial score (nSPS) is 13.8. The van der Waals surface area contributed by atoms with E-state index in [2.05, 4.69) is 22.0 Å². The highest BCUT2D eigenvalue weighted by atomic mass is 79.9. The molecule has 0 saturated carbocycles. The smallest absolute Gasteiger partial charge is 0.264 e. The van der Waals surface area contributed by atoms with Crippen molar-refractivity contribution in [1.29, 1.82) is 5.26 Å². The van der Waals surface area contributed by atoms with E-state index in [0.717, 1.165) is 22.0 Å². The van der Waals surface area contributed by atoms with Crippen LogP contribution in [0.5, 0.6) is 5.75 Å². The fourth-order valence-corrected chi connectivity index (χ4v) is 3.48. The first-order valence-corrected chi connectivity index (χ1v) is 8.73. The third-order valence-electron chi connectivity index (χ3n) is 4.26. The SMILES string of the molecule is COc1ccc(/C=C(\C#N)C(=O)N2CCc3ccccc3C2)cc1Br. The molecule has 0 saturated heterocycles. The van der Waals surface area contributed by atoms with Gasteiger partial charge in [0.25, 0.3) is 5.91 Å². The average Bonchev–Trinajstić information content (AvgIpc) is 2.65. The maximum Gasteiger partial charge on any atom is 0.264 e. The lowest BCUT2D eigenvalue weighted by atomic mass is 9.99. The molecule has 1 heterocycles. The van der Waals surface area contributed by atoms with Gasteiger partial charge in [0.15, 0.2) is 0 Å². The Morgan fingerprint density at radius 1 is 1.28 bits per heavy atom. The van der Waals surface area contributed by atoms with Crippen molar-refractivity contribution in [3.63, 3.8) is 0 Å². The highest BCUT2D eigenvalue weighted by Crippen LogP contribution is 2.27. The molecule has 1 aliphatic rings. The van der Waals surface area contributed by atoms with Gasteiger partial charge in [0.2, 0.25) is 0 Å². The molecule has 0 atom stereocenters. The van der Waals surface area contributed by atoms with Gasteiger partial charge in [0.05, 0.1) is 11.6 Å². The van der Waals surface area contributed by atoms with Crippen LogP contribution in [-0.2, 0) is 17.8 Å². The zero-order valence-corrected chi connectivity index (χ0v) is 15.4. The van der Waals surface area contributed by atoms with Crippen LogP contribution in [0.3, 0.4) is 0 Å². The van der Waals surface area contributed by atoms with Crippen molar-refractivity contribution in [2.45, 2.75) is 13.0 Å². The zero-order valence-electron chi connectivity index (χ0n) is 13.8. The summed E-state index contributed by atoms with van der Waals surface area (Å²) in [7, 11) is 1.59. The Bertz CT molecular complexity index is 884. The summed E-state index contributed by atoms with van der Waals surface area (Å²) >= 11 is 3.42. The number of hydrogen-bond acceptors (Lipinski definition) is 3. The first kappa shape index (κ1) is 17.2. The van der Waals surface area contributed by atoms with Gasteiger partial charge in [-0.3, -0.25) is 4.79 Å². The lowest BCUT2D eigenvalue weighted by Gasteiger charge is -2.28. The number of methoxy groups -OCH3 is 1. The topological polar surface area (TPSA) is 53.3 Å². The zero-order chi connectivity index (χ0) is 17.8. The molecule has 25 heavy (non-hydrogen) atoms. The summed E-state index contributed by atoms with van der Waals surface area (Å²) in [6.45, 7) is 1.17. The highest BCUT2D eigenvalue weighted by Gasteiger charge is 2.23. The van der Waals surface area contributed by atoms with E-state index in [1.165, 1.54) is 5.56 Å². The third-order valence-corrected chi connectivity index (χ3v) is 4.88. The Labute approximate surface area is 155 Å². The molecule has 0 unspecified atom stereocenters. The molecule has 126 valence electrons. The number of nitriles is 1. The maximum absolute atomic E-state index is 12.8. The second-order valence-corrected chi connectivity index (χ2v) is 6.66. The molecule has 0 aliphatic carbocycles. The van der Waals surface area contributed by atoms with Crippen LogP contribution in [0, 0.1) is 11.3 Å². The highest BCUT2D eigenvalue weighted by molar-refractivity contribution is 9.10. The van der Waals surface area contributed by atoms with E-state index in [9.17, 15) is 10.1 Å². The lowest BCUT2D eigenvalue weighted by Crippen LogP contribution is -2.36. The average molecular weight is 397 g/mol. The number of halogens is 1. The van der Waals surface area contributed by atoms with Gasteiger partial charge >= 0.3 is 0 Å². The third kappa shape index (κ3) is 3.75. The van der Waals surface area contributed by atoms with Crippen molar-refractivity contribution in [3.05, 3.63) is 69.2 Å². The lowest BCUT2D eigenvalue weighted by molar-refractivity contribution is -0.127. The number of hydrogen-bond donors (Lipinski definition) is 0. The van der Waals surface area contributed by atoms with Gasteiger partial charge < -0.3 is 9.64 Å². The van der Waals surface area contributed by atoms with Crippen molar-refractivity contribution in [3.8, 4) is 11.8 Å². The minimum Gasteiger partial charge on any atom is -0.496 e. The van der Waals surface area contributed by atoms with Crippen LogP contribution in [0.4, 0.5) is 0 Å². The van der Waals surface area contributed by atoms with Crippen molar-refractivity contribution >= 4 is 27.9 Å². The summed E-state index contributed by atoms with van der Waals surface area (Å²) in [4.78, 5) is 14.5. The molecule has 0 bridgehead atoms. The summed E-state index contributed by atoms with van der Waals surface area (Å²) in [5, 5.41) is 9.45. The summed E-state index contributed by atoms with van der Waals surface area (Å²) in [6.07, 6.45) is 2.43. The molecule has 2 aromatic rings. The Kier molecular flexibility index (Phi) is 5.20. The van der Waals surface area contributed by atoms with Gasteiger partial charge in [-0.05, 0) is 57.2 Å². The van der Waals surface area contributed by atoms with E-state index in [-0.39, 0.29) is 11.5 Å². The molecule has 0 N–H and O–H groups in total. The van der Waals surface area contributed by atoms with E-state index in [1.54, 1.807) is 24.2 Å². The van der Waals surface area contributed by atoms with Crippen LogP contribution in [0.2, 0.25) is 0 Å². The summed E-state index contributed by atoms with van der Waals surface area (Å²) in [6, 6.07) is 15.6. The molecule has 0 spiro atoms. The van der Waals surface area contributed by atoms with Gasteiger partial charge in [0.1, 0.15) is 17.4 Å². The van der Waals surface area contributed by atoms with Crippen LogP contribution >= 0.6 is 15.9 Å². The Morgan fingerprint density at radius 2 is 2.04 bits per heavy atom. The largest absolute Gasteiger partial charge is 0.496 e. The van der Waals surface area contributed by atoms with Gasteiger partial charge in [0, 0.05) is 13.1 Å². The number of amides is 1. The second-order valence-electron chi connectivity index (χ2n) is 5.81. The first-order chi connectivity index (χ1) is 12.1.